The number of hydrogen-bond donors (Lipinski definition) is 0. The Morgan fingerprint density at radius 3 is 0.909 bits per heavy atom. The van der Waals surface area contributed by atoms with Gasteiger partial charge in [-0.2, -0.15) is 0 Å². The van der Waals surface area contributed by atoms with E-state index in [1.165, 1.54) is 155 Å². The fourth-order valence-corrected chi connectivity index (χ4v) is 16.3. The number of fused-ring (bicyclic) bond motifs is 6. The molecule has 0 saturated heterocycles. The molecule has 0 bridgehead atoms. The van der Waals surface area contributed by atoms with Gasteiger partial charge in [-0.1, -0.05) is 257 Å². The van der Waals surface area contributed by atoms with Crippen molar-refractivity contribution in [3.05, 3.63) is 357 Å². The van der Waals surface area contributed by atoms with Crippen LogP contribution in [0.25, 0.3) is 54.6 Å². The molecule has 0 saturated carbocycles. The van der Waals surface area contributed by atoms with Crippen LogP contribution in [-0.4, -0.2) is 0 Å². The van der Waals surface area contributed by atoms with E-state index in [9.17, 15) is 0 Å². The van der Waals surface area contributed by atoms with Gasteiger partial charge in [0.1, 0.15) is 0 Å². The zero-order valence-corrected chi connectivity index (χ0v) is 50.9. The molecule has 0 radical (unpaired) electrons. The number of para-hydroxylation sites is 2. The average Bonchev–Trinajstić information content (AvgIpc) is 1.43. The first-order chi connectivity index (χ1) is 43.2. The molecule has 422 valence electrons. The van der Waals surface area contributed by atoms with Gasteiger partial charge in [0.2, 0.25) is 0 Å². The summed E-state index contributed by atoms with van der Waals surface area (Å²) in [5.74, 6) is 0. The third kappa shape index (κ3) is 7.61. The second-order valence-electron chi connectivity index (χ2n) is 24.6. The number of hydrogen-bond acceptors (Lipinski definition) is 2. The molecule has 0 spiro atoms. The topological polar surface area (TPSA) is 6.48 Å². The second kappa shape index (κ2) is 20.7. The summed E-state index contributed by atoms with van der Waals surface area (Å²) in [6.45, 7) is 13.8. The molecule has 2 aliphatic rings. The summed E-state index contributed by atoms with van der Waals surface area (Å²) < 4.78 is 0. The molecule has 2 nitrogen and oxygen atoms in total. The summed E-state index contributed by atoms with van der Waals surface area (Å²) in [6, 6.07) is 106. The summed E-state index contributed by atoms with van der Waals surface area (Å²) >= 11 is 0. The number of aryl methyl sites for hydroxylation is 6. The van der Waals surface area contributed by atoms with Crippen molar-refractivity contribution in [2.45, 2.75) is 65.2 Å². The quantitative estimate of drug-likeness (QED) is 0.113. The second-order valence-corrected chi connectivity index (χ2v) is 24.6. The predicted octanol–water partition coefficient (Wildman–Crippen LogP) is 22.6. The fourth-order valence-electron chi connectivity index (χ4n) is 16.3. The van der Waals surface area contributed by atoms with Crippen molar-refractivity contribution in [2.75, 3.05) is 9.80 Å². The van der Waals surface area contributed by atoms with E-state index in [0.29, 0.717) is 0 Å². The monoisotopic (exact) mass is 1130 g/mol. The molecule has 0 fully saturated rings. The van der Waals surface area contributed by atoms with Crippen LogP contribution in [0.3, 0.4) is 0 Å². The molecule has 88 heavy (non-hydrogen) atoms. The molecule has 0 unspecified atom stereocenters. The van der Waals surface area contributed by atoms with E-state index < -0.39 is 10.8 Å². The number of nitrogens with zero attached hydrogens (tertiary/aromatic N) is 2. The Balaban J connectivity index is 0.963. The molecular weight excluding hydrogens is 1060 g/mol. The van der Waals surface area contributed by atoms with Crippen molar-refractivity contribution in [3.63, 3.8) is 0 Å². The lowest BCUT2D eigenvalue weighted by Gasteiger charge is -2.36. The van der Waals surface area contributed by atoms with Crippen molar-refractivity contribution in [1.82, 2.24) is 0 Å². The van der Waals surface area contributed by atoms with Crippen LogP contribution < -0.4 is 9.80 Å². The predicted molar refractivity (Wildman–Crippen MR) is 372 cm³/mol. The van der Waals surface area contributed by atoms with E-state index in [1.54, 1.807) is 0 Å². The smallest absolute Gasteiger partial charge is 0.0714 e. The van der Waals surface area contributed by atoms with Gasteiger partial charge >= 0.3 is 0 Å². The molecule has 0 heterocycles. The molecule has 0 N–H and O–H groups in total. The SMILES string of the molecule is CCc1cc(N(c2cccc(C3(c4ccccc4)c4ccccc4-c4ccccc43)c2)c2c(C)cccc2C)c2ccc3c(CC)cc(N(c4cccc(C5(c6ccccc6)c6ccccc6-c6ccccc65)c4)c4c(C)cccc4C)c4ccc1c2c34. The number of anilines is 6. The Labute approximate surface area is 517 Å². The molecule has 0 atom stereocenters. The highest BCUT2D eigenvalue weighted by molar-refractivity contribution is 6.29. The van der Waals surface area contributed by atoms with Crippen molar-refractivity contribution in [2.24, 2.45) is 0 Å². The first-order valence-corrected chi connectivity index (χ1v) is 31.5. The maximum atomic E-state index is 2.61. The molecule has 2 heteroatoms. The lowest BCUT2D eigenvalue weighted by Crippen LogP contribution is -2.29. The van der Waals surface area contributed by atoms with Crippen LogP contribution in [0, 0.1) is 27.7 Å². The van der Waals surface area contributed by atoms with E-state index in [2.05, 4.69) is 330 Å². The standard InChI is InChI=1S/C86H68N2/c1-7-59-51-79(87(83-55(3)27-23-28-56(83)4)65-37-25-35-63(53-65)85(61-31-11-9-12-32-61)75-43-19-15-39-69(75)70-40-16-20-44-76(70)85)73-50-48-68-60(8-2)52-80(74-49-47-67(59)81(73)82(68)74)88(84-57(5)29-24-30-58(84)6)66-38-26-36-64(54-66)86(62-33-13-10-14-34-62)77-45-21-17-41-71(77)72-42-18-22-46-78(72)86/h9-54H,7-8H2,1-6H3. The van der Waals surface area contributed by atoms with Gasteiger partial charge in [-0.25, -0.2) is 0 Å². The molecular formula is C86H68N2. The first kappa shape index (κ1) is 53.2. The van der Waals surface area contributed by atoms with Crippen LogP contribution in [-0.2, 0) is 23.7 Å². The molecule has 0 aromatic heterocycles. The minimum Gasteiger partial charge on any atom is -0.309 e. The minimum absolute atomic E-state index is 0.559. The lowest BCUT2D eigenvalue weighted by molar-refractivity contribution is 0.768. The normalized spacial score (nSPS) is 13.4. The fraction of sp³-hybridized carbons (Fsp3) is 0.116. The lowest BCUT2D eigenvalue weighted by atomic mass is 9.67. The zero-order chi connectivity index (χ0) is 59.4. The Kier molecular flexibility index (Phi) is 12.5. The van der Waals surface area contributed by atoms with Crippen LogP contribution in [0.15, 0.2) is 279 Å². The molecule has 2 aliphatic carbocycles. The Bertz CT molecular complexity index is 4620. The Morgan fingerprint density at radius 2 is 0.568 bits per heavy atom. The number of rotatable bonds is 12. The first-order valence-electron chi connectivity index (χ1n) is 31.5. The third-order valence-corrected chi connectivity index (χ3v) is 20.0. The van der Waals surface area contributed by atoms with E-state index in [-0.39, 0.29) is 0 Å². The maximum Gasteiger partial charge on any atom is 0.0714 e. The van der Waals surface area contributed by atoms with Crippen LogP contribution in [0.4, 0.5) is 34.1 Å². The summed E-state index contributed by atoms with van der Waals surface area (Å²) in [4.78, 5) is 5.23. The van der Waals surface area contributed by atoms with Gasteiger partial charge in [-0.05, 0) is 199 Å². The number of benzene rings is 14. The minimum atomic E-state index is -0.559. The summed E-state index contributed by atoms with van der Waals surface area (Å²) in [5.41, 5.74) is 28.8. The van der Waals surface area contributed by atoms with Crippen molar-refractivity contribution in [3.8, 4) is 22.3 Å². The van der Waals surface area contributed by atoms with Gasteiger partial charge < -0.3 is 9.80 Å². The zero-order valence-electron chi connectivity index (χ0n) is 50.9. The van der Waals surface area contributed by atoms with Gasteiger partial charge in [-0.15, -0.1) is 0 Å². The van der Waals surface area contributed by atoms with Crippen LogP contribution in [0.1, 0.15) is 91.7 Å². The van der Waals surface area contributed by atoms with Gasteiger partial charge in [0.05, 0.1) is 33.6 Å². The van der Waals surface area contributed by atoms with Crippen LogP contribution in [0.2, 0.25) is 0 Å². The van der Waals surface area contributed by atoms with Gasteiger partial charge in [-0.3, -0.25) is 0 Å². The molecule has 16 rings (SSSR count). The summed E-state index contributed by atoms with van der Waals surface area (Å²) in [7, 11) is 0. The van der Waals surface area contributed by atoms with Crippen molar-refractivity contribution >= 4 is 66.4 Å². The Morgan fingerprint density at radius 1 is 0.273 bits per heavy atom. The maximum absolute atomic E-state index is 2.61. The highest BCUT2D eigenvalue weighted by atomic mass is 15.2. The van der Waals surface area contributed by atoms with Gasteiger partial charge in [0.15, 0.2) is 0 Å². The highest BCUT2D eigenvalue weighted by Crippen LogP contribution is 2.60. The molecule has 0 amide bonds. The van der Waals surface area contributed by atoms with Gasteiger partial charge in [0.25, 0.3) is 0 Å². The summed E-state index contributed by atoms with van der Waals surface area (Å²) in [5, 5.41) is 7.70. The summed E-state index contributed by atoms with van der Waals surface area (Å²) in [6.07, 6.45) is 1.74. The van der Waals surface area contributed by atoms with Crippen LogP contribution >= 0.6 is 0 Å². The highest BCUT2D eigenvalue weighted by Gasteiger charge is 2.48. The van der Waals surface area contributed by atoms with E-state index >= 15 is 0 Å². The molecule has 14 aromatic rings. The van der Waals surface area contributed by atoms with Crippen molar-refractivity contribution in [1.29, 1.82) is 0 Å². The average molecular weight is 1130 g/mol. The van der Waals surface area contributed by atoms with E-state index in [4.69, 9.17) is 0 Å². The van der Waals surface area contributed by atoms with Crippen molar-refractivity contribution < 1.29 is 0 Å². The largest absolute Gasteiger partial charge is 0.309 e. The molecule has 14 aromatic carbocycles. The Hall–Kier alpha value is -10.3. The van der Waals surface area contributed by atoms with Crippen LogP contribution in [0.5, 0.6) is 0 Å². The third-order valence-electron chi connectivity index (χ3n) is 20.0. The van der Waals surface area contributed by atoms with E-state index in [1.807, 2.05) is 0 Å². The molecule has 0 aliphatic heterocycles. The van der Waals surface area contributed by atoms with E-state index in [0.717, 1.165) is 24.2 Å². The van der Waals surface area contributed by atoms with Gasteiger partial charge in [0, 0.05) is 22.1 Å².